The van der Waals surface area contributed by atoms with Gasteiger partial charge in [-0.2, -0.15) is 0 Å². The quantitative estimate of drug-likeness (QED) is 0.805. The summed E-state index contributed by atoms with van der Waals surface area (Å²) in [5.41, 5.74) is 0.972. The fraction of sp³-hybridized carbons (Fsp3) is 0.364. The molecule has 1 aromatic rings. The molecule has 0 bridgehead atoms. The maximum absolute atomic E-state index is 11.2. The van der Waals surface area contributed by atoms with E-state index in [-0.39, 0.29) is 12.5 Å². The number of rotatable bonds is 5. The number of benzene rings is 1. The molecule has 0 aliphatic carbocycles. The normalized spacial score (nSPS) is 10.0. The van der Waals surface area contributed by atoms with Crippen molar-refractivity contribution in [3.63, 3.8) is 0 Å². The molecule has 1 aromatic carbocycles. The van der Waals surface area contributed by atoms with E-state index in [0.29, 0.717) is 24.4 Å². The van der Waals surface area contributed by atoms with Crippen molar-refractivity contribution in [1.82, 2.24) is 5.32 Å². The molecule has 0 fully saturated rings. The molecule has 0 spiro atoms. The Kier molecular flexibility index (Phi) is 5.15. The van der Waals surface area contributed by atoms with Crippen LogP contribution in [0.4, 0.5) is 0 Å². The topological polar surface area (TPSA) is 49.3 Å². The lowest BCUT2D eigenvalue weighted by molar-refractivity contribution is -0.121. The molecule has 0 aromatic heterocycles. The standard InChI is InChI=1S/C11H14ClNO2/c12-10-4-1-3-9(7-10)8-13-11(15)5-2-6-14/h1,3-4,7,14H,2,5-6,8H2,(H,13,15). The first-order valence-corrected chi connectivity index (χ1v) is 5.22. The number of carbonyl (C=O) groups is 1. The van der Waals surface area contributed by atoms with Crippen LogP contribution in [0.2, 0.25) is 5.02 Å². The summed E-state index contributed by atoms with van der Waals surface area (Å²) in [5.74, 6) is -0.0518. The fourth-order valence-electron chi connectivity index (χ4n) is 1.18. The third kappa shape index (κ3) is 4.81. The Morgan fingerprint density at radius 2 is 2.27 bits per heavy atom. The number of carbonyl (C=O) groups excluding carboxylic acids is 1. The van der Waals surface area contributed by atoms with Gasteiger partial charge in [0.1, 0.15) is 0 Å². The van der Waals surface area contributed by atoms with Crippen molar-refractivity contribution in [2.75, 3.05) is 6.61 Å². The number of amides is 1. The van der Waals surface area contributed by atoms with Crippen LogP contribution in [0.3, 0.4) is 0 Å². The van der Waals surface area contributed by atoms with Crippen molar-refractivity contribution in [2.45, 2.75) is 19.4 Å². The van der Waals surface area contributed by atoms with E-state index in [0.717, 1.165) is 5.56 Å². The Morgan fingerprint density at radius 3 is 2.93 bits per heavy atom. The van der Waals surface area contributed by atoms with Crippen molar-refractivity contribution in [2.24, 2.45) is 0 Å². The van der Waals surface area contributed by atoms with Crippen LogP contribution in [0.15, 0.2) is 24.3 Å². The number of hydrogen-bond acceptors (Lipinski definition) is 2. The van der Waals surface area contributed by atoms with E-state index in [9.17, 15) is 4.79 Å². The lowest BCUT2D eigenvalue weighted by Gasteiger charge is -2.04. The highest BCUT2D eigenvalue weighted by atomic mass is 35.5. The number of hydrogen-bond donors (Lipinski definition) is 2. The van der Waals surface area contributed by atoms with Gasteiger partial charge in [0.05, 0.1) is 0 Å². The van der Waals surface area contributed by atoms with E-state index in [4.69, 9.17) is 16.7 Å². The van der Waals surface area contributed by atoms with Gasteiger partial charge in [-0.15, -0.1) is 0 Å². The summed E-state index contributed by atoms with van der Waals surface area (Å²) in [7, 11) is 0. The second kappa shape index (κ2) is 6.43. The Balaban J connectivity index is 2.33. The van der Waals surface area contributed by atoms with E-state index in [1.54, 1.807) is 6.07 Å². The SMILES string of the molecule is O=C(CCCO)NCc1cccc(Cl)c1. The molecular formula is C11H14ClNO2. The highest BCUT2D eigenvalue weighted by Gasteiger charge is 2.00. The lowest BCUT2D eigenvalue weighted by Crippen LogP contribution is -2.22. The summed E-state index contributed by atoms with van der Waals surface area (Å²) in [6, 6.07) is 7.35. The summed E-state index contributed by atoms with van der Waals surface area (Å²) in [4.78, 5) is 11.2. The molecule has 82 valence electrons. The predicted octanol–water partition coefficient (Wildman–Crippen LogP) is 1.73. The second-order valence-electron chi connectivity index (χ2n) is 3.23. The number of aliphatic hydroxyl groups is 1. The maximum Gasteiger partial charge on any atom is 0.220 e. The molecule has 0 aliphatic rings. The van der Waals surface area contributed by atoms with Gasteiger partial charge in [-0.3, -0.25) is 4.79 Å². The van der Waals surface area contributed by atoms with E-state index >= 15 is 0 Å². The fourth-order valence-corrected chi connectivity index (χ4v) is 1.39. The molecule has 4 heteroatoms. The molecule has 0 radical (unpaired) electrons. The summed E-state index contributed by atoms with van der Waals surface area (Å²) in [6.07, 6.45) is 0.860. The van der Waals surface area contributed by atoms with Crippen molar-refractivity contribution < 1.29 is 9.90 Å². The van der Waals surface area contributed by atoms with Crippen molar-refractivity contribution >= 4 is 17.5 Å². The van der Waals surface area contributed by atoms with Crippen molar-refractivity contribution in [3.05, 3.63) is 34.9 Å². The Hall–Kier alpha value is -1.06. The maximum atomic E-state index is 11.2. The van der Waals surface area contributed by atoms with Gasteiger partial charge in [-0.05, 0) is 24.1 Å². The van der Waals surface area contributed by atoms with Crippen molar-refractivity contribution in [1.29, 1.82) is 0 Å². The van der Waals surface area contributed by atoms with Crippen LogP contribution in [0.25, 0.3) is 0 Å². The van der Waals surface area contributed by atoms with Gasteiger partial charge in [0, 0.05) is 24.6 Å². The van der Waals surface area contributed by atoms with Gasteiger partial charge in [0.2, 0.25) is 5.91 Å². The summed E-state index contributed by atoms with van der Waals surface area (Å²) < 4.78 is 0. The molecule has 1 rings (SSSR count). The van der Waals surface area contributed by atoms with Crippen LogP contribution in [0, 0.1) is 0 Å². The van der Waals surface area contributed by atoms with E-state index in [1.165, 1.54) is 0 Å². The molecule has 0 aliphatic heterocycles. The predicted molar refractivity (Wildman–Crippen MR) is 59.6 cm³/mol. The van der Waals surface area contributed by atoms with Gasteiger partial charge in [0.15, 0.2) is 0 Å². The molecule has 0 saturated heterocycles. The third-order valence-corrected chi connectivity index (χ3v) is 2.18. The minimum Gasteiger partial charge on any atom is -0.396 e. The lowest BCUT2D eigenvalue weighted by atomic mass is 10.2. The number of nitrogens with one attached hydrogen (secondary N) is 1. The van der Waals surface area contributed by atoms with Crippen molar-refractivity contribution in [3.8, 4) is 0 Å². The Bertz CT molecular complexity index is 328. The first kappa shape index (κ1) is 12.0. The van der Waals surface area contributed by atoms with Gasteiger partial charge in [-0.25, -0.2) is 0 Å². The molecule has 0 unspecified atom stereocenters. The van der Waals surface area contributed by atoms with E-state index < -0.39 is 0 Å². The van der Waals surface area contributed by atoms with Gasteiger partial charge in [0.25, 0.3) is 0 Å². The van der Waals surface area contributed by atoms with E-state index in [1.807, 2.05) is 18.2 Å². The van der Waals surface area contributed by atoms with Crippen LogP contribution < -0.4 is 5.32 Å². The molecule has 15 heavy (non-hydrogen) atoms. The smallest absolute Gasteiger partial charge is 0.220 e. The molecule has 0 atom stereocenters. The second-order valence-corrected chi connectivity index (χ2v) is 3.67. The summed E-state index contributed by atoms with van der Waals surface area (Å²) >= 11 is 5.80. The van der Waals surface area contributed by atoms with Crippen LogP contribution in [0.1, 0.15) is 18.4 Å². The Morgan fingerprint density at radius 1 is 1.47 bits per heavy atom. The number of halogens is 1. The van der Waals surface area contributed by atoms with Gasteiger partial charge < -0.3 is 10.4 Å². The zero-order chi connectivity index (χ0) is 11.1. The largest absolute Gasteiger partial charge is 0.396 e. The first-order chi connectivity index (χ1) is 7.22. The molecule has 1 amide bonds. The Labute approximate surface area is 94.1 Å². The highest BCUT2D eigenvalue weighted by Crippen LogP contribution is 2.10. The zero-order valence-corrected chi connectivity index (χ0v) is 9.13. The molecule has 3 nitrogen and oxygen atoms in total. The average Bonchev–Trinajstić information content (AvgIpc) is 2.23. The average molecular weight is 228 g/mol. The van der Waals surface area contributed by atoms with Crippen LogP contribution >= 0.6 is 11.6 Å². The minimum absolute atomic E-state index is 0.0462. The highest BCUT2D eigenvalue weighted by molar-refractivity contribution is 6.30. The molecule has 2 N–H and O–H groups in total. The number of aliphatic hydroxyl groups excluding tert-OH is 1. The molecule has 0 saturated carbocycles. The van der Waals surface area contributed by atoms with Crippen LogP contribution in [-0.2, 0) is 11.3 Å². The van der Waals surface area contributed by atoms with Gasteiger partial charge in [-0.1, -0.05) is 23.7 Å². The van der Waals surface area contributed by atoms with Crippen LogP contribution in [0.5, 0.6) is 0 Å². The third-order valence-electron chi connectivity index (χ3n) is 1.94. The monoisotopic (exact) mass is 227 g/mol. The first-order valence-electron chi connectivity index (χ1n) is 4.84. The minimum atomic E-state index is -0.0518. The summed E-state index contributed by atoms with van der Waals surface area (Å²) in [5, 5.41) is 12.0. The van der Waals surface area contributed by atoms with Gasteiger partial charge >= 0.3 is 0 Å². The summed E-state index contributed by atoms with van der Waals surface area (Å²) in [6.45, 7) is 0.523. The molecule has 0 heterocycles. The van der Waals surface area contributed by atoms with Crippen LogP contribution in [-0.4, -0.2) is 17.6 Å². The van der Waals surface area contributed by atoms with E-state index in [2.05, 4.69) is 5.32 Å². The zero-order valence-electron chi connectivity index (χ0n) is 8.37. The molecular weight excluding hydrogens is 214 g/mol.